The van der Waals surface area contributed by atoms with E-state index in [9.17, 15) is 4.79 Å². The van der Waals surface area contributed by atoms with Crippen LogP contribution in [0.25, 0.3) is 0 Å². The van der Waals surface area contributed by atoms with Crippen LogP contribution in [-0.2, 0) is 11.2 Å². The van der Waals surface area contributed by atoms with Gasteiger partial charge in [0.15, 0.2) is 11.5 Å². The molecule has 0 unspecified atom stereocenters. The van der Waals surface area contributed by atoms with Crippen molar-refractivity contribution in [1.29, 1.82) is 0 Å². The molecule has 0 aromatic heterocycles. The van der Waals surface area contributed by atoms with E-state index in [1.807, 2.05) is 48.2 Å². The third-order valence-corrected chi connectivity index (χ3v) is 4.28. The van der Waals surface area contributed by atoms with Crippen LogP contribution in [0.3, 0.4) is 0 Å². The summed E-state index contributed by atoms with van der Waals surface area (Å²) in [5.41, 5.74) is 3.11. The monoisotopic (exact) mass is 310 g/mol. The van der Waals surface area contributed by atoms with E-state index in [2.05, 4.69) is 11.4 Å². The summed E-state index contributed by atoms with van der Waals surface area (Å²) in [6.45, 7) is 2.87. The zero-order chi connectivity index (χ0) is 15.8. The van der Waals surface area contributed by atoms with Crippen molar-refractivity contribution in [2.24, 2.45) is 0 Å². The van der Waals surface area contributed by atoms with Gasteiger partial charge in [-0.3, -0.25) is 4.79 Å². The molecule has 1 N–H and O–H groups in total. The fourth-order valence-electron chi connectivity index (χ4n) is 3.10. The summed E-state index contributed by atoms with van der Waals surface area (Å²) in [5.74, 6) is 1.52. The van der Waals surface area contributed by atoms with Crippen molar-refractivity contribution in [2.75, 3.05) is 23.6 Å². The molecular formula is C18H18N2O3. The van der Waals surface area contributed by atoms with Gasteiger partial charge in [0.25, 0.3) is 0 Å². The fourth-order valence-corrected chi connectivity index (χ4v) is 3.10. The zero-order valence-electron chi connectivity index (χ0n) is 12.9. The Morgan fingerprint density at radius 3 is 2.91 bits per heavy atom. The lowest BCUT2D eigenvalue weighted by atomic mass is 10.2. The highest BCUT2D eigenvalue weighted by atomic mass is 16.7. The van der Waals surface area contributed by atoms with Gasteiger partial charge in [-0.1, -0.05) is 18.2 Å². The second kappa shape index (κ2) is 5.50. The molecule has 0 aliphatic carbocycles. The molecule has 0 radical (unpaired) electrons. The van der Waals surface area contributed by atoms with Crippen molar-refractivity contribution in [3.05, 3.63) is 48.0 Å². The molecule has 1 amide bonds. The van der Waals surface area contributed by atoms with Gasteiger partial charge in [-0.25, -0.2) is 0 Å². The van der Waals surface area contributed by atoms with Gasteiger partial charge in [-0.15, -0.1) is 0 Å². The van der Waals surface area contributed by atoms with Crippen molar-refractivity contribution < 1.29 is 14.3 Å². The Bertz CT molecular complexity index is 760. The van der Waals surface area contributed by atoms with Crippen LogP contribution in [0, 0.1) is 0 Å². The smallest absolute Gasteiger partial charge is 0.249 e. The summed E-state index contributed by atoms with van der Waals surface area (Å²) >= 11 is 0. The van der Waals surface area contributed by atoms with Gasteiger partial charge in [0.2, 0.25) is 12.7 Å². The standard InChI is InChI=1S/C18H18N2O3/c1-12(19-14-6-7-16-17(10-14)23-11-22-16)18(21)20-9-8-13-4-2-3-5-15(13)20/h2-7,10,12,19H,8-9,11H2,1H3/t12-/m1/s1. The third kappa shape index (κ3) is 2.48. The van der Waals surface area contributed by atoms with Gasteiger partial charge in [0, 0.05) is 24.0 Å². The number of nitrogens with zero attached hydrogens (tertiary/aromatic N) is 1. The first-order chi connectivity index (χ1) is 11.2. The number of amides is 1. The maximum Gasteiger partial charge on any atom is 0.249 e. The van der Waals surface area contributed by atoms with Crippen LogP contribution < -0.4 is 19.7 Å². The summed E-state index contributed by atoms with van der Waals surface area (Å²) in [5, 5.41) is 3.25. The van der Waals surface area contributed by atoms with Crippen molar-refractivity contribution >= 4 is 17.3 Å². The van der Waals surface area contributed by atoms with E-state index in [-0.39, 0.29) is 18.7 Å². The molecule has 2 aliphatic heterocycles. The summed E-state index contributed by atoms with van der Waals surface area (Å²) in [6, 6.07) is 13.4. The number of hydrogen-bond donors (Lipinski definition) is 1. The summed E-state index contributed by atoms with van der Waals surface area (Å²) < 4.78 is 10.7. The van der Waals surface area contributed by atoms with E-state index in [4.69, 9.17) is 9.47 Å². The number of ether oxygens (including phenoxy) is 2. The highest BCUT2D eigenvalue weighted by Gasteiger charge is 2.27. The zero-order valence-corrected chi connectivity index (χ0v) is 12.9. The lowest BCUT2D eigenvalue weighted by Crippen LogP contribution is -2.40. The molecule has 0 saturated heterocycles. The lowest BCUT2D eigenvalue weighted by Gasteiger charge is -2.23. The second-order valence-electron chi connectivity index (χ2n) is 5.80. The number of rotatable bonds is 3. The first-order valence-corrected chi connectivity index (χ1v) is 7.78. The van der Waals surface area contributed by atoms with E-state index < -0.39 is 0 Å². The molecule has 2 heterocycles. The maximum atomic E-state index is 12.8. The predicted octanol–water partition coefficient (Wildman–Crippen LogP) is 2.81. The molecule has 0 bridgehead atoms. The number of benzene rings is 2. The number of fused-ring (bicyclic) bond motifs is 2. The fraction of sp³-hybridized carbons (Fsp3) is 0.278. The highest BCUT2D eigenvalue weighted by Crippen LogP contribution is 2.34. The van der Waals surface area contributed by atoms with Crippen LogP contribution in [0.5, 0.6) is 11.5 Å². The van der Waals surface area contributed by atoms with E-state index in [0.717, 1.165) is 30.1 Å². The van der Waals surface area contributed by atoms with Gasteiger partial charge in [-0.05, 0) is 37.1 Å². The minimum absolute atomic E-state index is 0.0765. The first kappa shape index (κ1) is 13.9. The predicted molar refractivity (Wildman–Crippen MR) is 88.1 cm³/mol. The molecular weight excluding hydrogens is 292 g/mol. The van der Waals surface area contributed by atoms with E-state index in [0.29, 0.717) is 5.75 Å². The lowest BCUT2D eigenvalue weighted by molar-refractivity contribution is -0.118. The highest BCUT2D eigenvalue weighted by molar-refractivity contribution is 6.00. The molecule has 2 aliphatic rings. The third-order valence-electron chi connectivity index (χ3n) is 4.28. The molecule has 118 valence electrons. The molecule has 2 aromatic carbocycles. The molecule has 0 saturated carbocycles. The van der Waals surface area contributed by atoms with Crippen LogP contribution >= 0.6 is 0 Å². The van der Waals surface area contributed by atoms with Crippen LogP contribution in [-0.4, -0.2) is 25.3 Å². The van der Waals surface area contributed by atoms with Gasteiger partial charge in [-0.2, -0.15) is 0 Å². The van der Waals surface area contributed by atoms with E-state index in [1.54, 1.807) is 0 Å². The Labute approximate surface area is 134 Å². The summed E-state index contributed by atoms with van der Waals surface area (Å²) in [7, 11) is 0. The average Bonchev–Trinajstić information content (AvgIpc) is 3.20. The summed E-state index contributed by atoms with van der Waals surface area (Å²) in [6.07, 6.45) is 0.915. The Balaban J connectivity index is 1.49. The molecule has 2 aromatic rings. The molecule has 23 heavy (non-hydrogen) atoms. The van der Waals surface area contributed by atoms with Gasteiger partial charge < -0.3 is 19.7 Å². The Morgan fingerprint density at radius 2 is 2.00 bits per heavy atom. The first-order valence-electron chi connectivity index (χ1n) is 7.78. The van der Waals surface area contributed by atoms with Gasteiger partial charge >= 0.3 is 0 Å². The van der Waals surface area contributed by atoms with Gasteiger partial charge in [0.1, 0.15) is 6.04 Å². The minimum Gasteiger partial charge on any atom is -0.454 e. The summed E-state index contributed by atoms with van der Waals surface area (Å²) in [4.78, 5) is 14.6. The average molecular weight is 310 g/mol. The quantitative estimate of drug-likeness (QED) is 0.947. The molecule has 4 rings (SSSR count). The molecule has 0 fully saturated rings. The second-order valence-corrected chi connectivity index (χ2v) is 5.80. The number of anilines is 2. The Hall–Kier alpha value is -2.69. The molecule has 5 heteroatoms. The van der Waals surface area contributed by atoms with Crippen molar-refractivity contribution in [3.8, 4) is 11.5 Å². The topological polar surface area (TPSA) is 50.8 Å². The Kier molecular flexibility index (Phi) is 3.33. The SMILES string of the molecule is C[C@@H](Nc1ccc2c(c1)OCO2)C(=O)N1CCc2ccccc21. The van der Waals surface area contributed by atoms with Crippen LogP contribution in [0.1, 0.15) is 12.5 Å². The van der Waals surface area contributed by atoms with Crippen LogP contribution in [0.4, 0.5) is 11.4 Å². The largest absolute Gasteiger partial charge is 0.454 e. The normalized spacial score (nSPS) is 16.1. The number of nitrogens with one attached hydrogen (secondary N) is 1. The van der Waals surface area contributed by atoms with Crippen molar-refractivity contribution in [1.82, 2.24) is 0 Å². The van der Waals surface area contributed by atoms with E-state index >= 15 is 0 Å². The van der Waals surface area contributed by atoms with E-state index in [1.165, 1.54) is 5.56 Å². The van der Waals surface area contributed by atoms with Crippen LogP contribution in [0.2, 0.25) is 0 Å². The maximum absolute atomic E-state index is 12.8. The Morgan fingerprint density at radius 1 is 1.17 bits per heavy atom. The minimum atomic E-state index is -0.318. The van der Waals surface area contributed by atoms with Crippen molar-refractivity contribution in [3.63, 3.8) is 0 Å². The number of para-hydroxylation sites is 1. The number of carbonyl (C=O) groups excluding carboxylic acids is 1. The molecule has 5 nitrogen and oxygen atoms in total. The van der Waals surface area contributed by atoms with Crippen molar-refractivity contribution in [2.45, 2.75) is 19.4 Å². The molecule has 0 spiro atoms. The van der Waals surface area contributed by atoms with Gasteiger partial charge in [0.05, 0.1) is 0 Å². The molecule has 1 atom stereocenters. The van der Waals surface area contributed by atoms with Crippen LogP contribution in [0.15, 0.2) is 42.5 Å². The number of carbonyl (C=O) groups is 1. The number of hydrogen-bond acceptors (Lipinski definition) is 4.